The molecular formula is C13H14N4O. The molecule has 0 aromatic carbocycles. The molecule has 0 spiro atoms. The number of anilines is 1. The third kappa shape index (κ3) is 2.67. The van der Waals surface area contributed by atoms with Gasteiger partial charge in [-0.3, -0.25) is 0 Å². The monoisotopic (exact) mass is 242 g/mol. The average molecular weight is 242 g/mol. The number of hydrazine groups is 1. The summed E-state index contributed by atoms with van der Waals surface area (Å²) in [5.74, 6) is 6.12. The van der Waals surface area contributed by atoms with E-state index in [1.54, 1.807) is 12.3 Å². The first-order valence-electron chi connectivity index (χ1n) is 5.68. The summed E-state index contributed by atoms with van der Waals surface area (Å²) in [6.07, 6.45) is 9.76. The van der Waals surface area contributed by atoms with Crippen LogP contribution in [0.2, 0.25) is 0 Å². The minimum absolute atomic E-state index is 0.326. The summed E-state index contributed by atoms with van der Waals surface area (Å²) in [7, 11) is 0. The van der Waals surface area contributed by atoms with Crippen molar-refractivity contribution in [2.75, 3.05) is 12.0 Å². The fraction of sp³-hybridized carbons (Fsp3) is 0.231. The molecule has 1 aliphatic rings. The second-order valence-corrected chi connectivity index (χ2v) is 3.87. The van der Waals surface area contributed by atoms with Crippen molar-refractivity contribution in [3.63, 3.8) is 0 Å². The molecule has 0 radical (unpaired) electrons. The van der Waals surface area contributed by atoms with Crippen molar-refractivity contribution in [2.24, 2.45) is 5.84 Å². The van der Waals surface area contributed by atoms with Gasteiger partial charge in [0.15, 0.2) is 5.82 Å². The predicted octanol–water partition coefficient (Wildman–Crippen LogP) is 1.89. The molecular weight excluding hydrogens is 228 g/mol. The van der Waals surface area contributed by atoms with Gasteiger partial charge in [0.1, 0.15) is 24.0 Å². The molecule has 3 N–H and O–H groups in total. The van der Waals surface area contributed by atoms with E-state index in [-0.39, 0.29) is 0 Å². The second kappa shape index (κ2) is 5.84. The second-order valence-electron chi connectivity index (χ2n) is 3.87. The molecule has 1 aliphatic carbocycles. The molecule has 0 amide bonds. The zero-order valence-electron chi connectivity index (χ0n) is 9.89. The first-order valence-corrected chi connectivity index (χ1v) is 5.68. The van der Waals surface area contributed by atoms with Crippen LogP contribution in [0, 0.1) is 11.3 Å². The number of nitrogens with two attached hydrogens (primary N) is 1. The van der Waals surface area contributed by atoms with E-state index in [9.17, 15) is 0 Å². The van der Waals surface area contributed by atoms with Crippen LogP contribution in [0.25, 0.3) is 0 Å². The summed E-state index contributed by atoms with van der Waals surface area (Å²) < 4.78 is 5.65. The van der Waals surface area contributed by atoms with Gasteiger partial charge in [0.05, 0.1) is 0 Å². The Labute approximate surface area is 106 Å². The van der Waals surface area contributed by atoms with Crippen molar-refractivity contribution < 1.29 is 4.74 Å². The highest BCUT2D eigenvalue weighted by atomic mass is 16.5. The summed E-state index contributed by atoms with van der Waals surface area (Å²) in [5, 5.41) is 9.08. The van der Waals surface area contributed by atoms with Crippen molar-refractivity contribution in [1.82, 2.24) is 4.98 Å². The van der Waals surface area contributed by atoms with Crippen LogP contribution >= 0.6 is 0 Å². The normalized spacial score (nSPS) is 13.7. The molecule has 0 saturated carbocycles. The van der Waals surface area contributed by atoms with E-state index >= 15 is 0 Å². The van der Waals surface area contributed by atoms with Crippen LogP contribution in [0.4, 0.5) is 5.82 Å². The lowest BCUT2D eigenvalue weighted by molar-refractivity contribution is 0.346. The number of allylic oxidation sites excluding steroid dienone is 3. The van der Waals surface area contributed by atoms with Crippen molar-refractivity contribution in [1.29, 1.82) is 5.26 Å². The maximum atomic E-state index is 9.08. The van der Waals surface area contributed by atoms with Crippen LogP contribution in [0.5, 0.6) is 5.75 Å². The maximum Gasteiger partial charge on any atom is 0.161 e. The first kappa shape index (κ1) is 12.1. The minimum Gasteiger partial charge on any atom is -0.488 e. The van der Waals surface area contributed by atoms with Crippen LogP contribution in [0.1, 0.15) is 18.4 Å². The topological polar surface area (TPSA) is 84.0 Å². The lowest BCUT2D eigenvalue weighted by Gasteiger charge is -2.12. The van der Waals surface area contributed by atoms with Gasteiger partial charge < -0.3 is 10.2 Å². The summed E-state index contributed by atoms with van der Waals surface area (Å²) in [5.41, 5.74) is 3.92. The number of nitrogens with zero attached hydrogens (tertiary/aromatic N) is 2. The lowest BCUT2D eigenvalue weighted by atomic mass is 10.1. The van der Waals surface area contributed by atoms with E-state index in [0.29, 0.717) is 23.7 Å². The Hall–Kier alpha value is -2.32. The van der Waals surface area contributed by atoms with Gasteiger partial charge in [0.2, 0.25) is 0 Å². The molecule has 0 saturated heterocycles. The van der Waals surface area contributed by atoms with E-state index in [1.807, 2.05) is 18.2 Å². The molecule has 2 rings (SSSR count). The molecule has 18 heavy (non-hydrogen) atoms. The third-order valence-electron chi connectivity index (χ3n) is 2.67. The Kier molecular flexibility index (Phi) is 3.94. The fourth-order valence-corrected chi connectivity index (χ4v) is 1.72. The van der Waals surface area contributed by atoms with Crippen molar-refractivity contribution in [3.8, 4) is 11.8 Å². The number of rotatable bonds is 4. The van der Waals surface area contributed by atoms with Crippen LogP contribution in [-0.2, 0) is 0 Å². The number of ether oxygens (including phenoxy) is 1. The SMILES string of the molecule is N#Cc1c(OCC2=CC=CCC2)ccnc1NN. The number of hydrogen-bond donors (Lipinski definition) is 2. The van der Waals surface area contributed by atoms with Gasteiger partial charge in [-0.25, -0.2) is 10.8 Å². The Morgan fingerprint density at radius 2 is 2.44 bits per heavy atom. The van der Waals surface area contributed by atoms with Gasteiger partial charge in [-0.15, -0.1) is 0 Å². The summed E-state index contributed by atoms with van der Waals surface area (Å²) in [6, 6.07) is 3.70. The summed E-state index contributed by atoms with van der Waals surface area (Å²) >= 11 is 0. The van der Waals surface area contributed by atoms with E-state index < -0.39 is 0 Å². The first-order chi connectivity index (χ1) is 8.85. The van der Waals surface area contributed by atoms with Crippen molar-refractivity contribution >= 4 is 5.82 Å². The van der Waals surface area contributed by atoms with Gasteiger partial charge in [0, 0.05) is 12.3 Å². The third-order valence-corrected chi connectivity index (χ3v) is 2.67. The van der Waals surface area contributed by atoms with Crippen LogP contribution in [0.15, 0.2) is 36.1 Å². The minimum atomic E-state index is 0.326. The molecule has 1 heterocycles. The van der Waals surface area contributed by atoms with E-state index in [4.69, 9.17) is 15.8 Å². The molecule has 0 fully saturated rings. The quantitative estimate of drug-likeness (QED) is 0.622. The largest absolute Gasteiger partial charge is 0.488 e. The van der Waals surface area contributed by atoms with Crippen LogP contribution < -0.4 is 16.0 Å². The lowest BCUT2D eigenvalue weighted by Crippen LogP contribution is -2.11. The fourth-order valence-electron chi connectivity index (χ4n) is 1.72. The zero-order chi connectivity index (χ0) is 12.8. The Bertz CT molecular complexity index is 528. The van der Waals surface area contributed by atoms with Gasteiger partial charge in [-0.05, 0) is 18.4 Å². The Morgan fingerprint density at radius 3 is 3.11 bits per heavy atom. The number of aromatic nitrogens is 1. The van der Waals surface area contributed by atoms with E-state index in [0.717, 1.165) is 12.8 Å². The van der Waals surface area contributed by atoms with Gasteiger partial charge in [0.25, 0.3) is 0 Å². The zero-order valence-corrected chi connectivity index (χ0v) is 9.89. The number of nitrogens with one attached hydrogen (secondary N) is 1. The molecule has 0 aliphatic heterocycles. The highest BCUT2D eigenvalue weighted by molar-refractivity contribution is 5.58. The van der Waals surface area contributed by atoms with Gasteiger partial charge in [-0.1, -0.05) is 18.2 Å². The maximum absolute atomic E-state index is 9.08. The molecule has 0 unspecified atom stereocenters. The van der Waals surface area contributed by atoms with Crippen LogP contribution in [-0.4, -0.2) is 11.6 Å². The molecule has 0 atom stereocenters. The Morgan fingerprint density at radius 1 is 1.56 bits per heavy atom. The molecule has 92 valence electrons. The smallest absolute Gasteiger partial charge is 0.161 e. The highest BCUT2D eigenvalue weighted by Crippen LogP contribution is 2.24. The van der Waals surface area contributed by atoms with Crippen molar-refractivity contribution in [2.45, 2.75) is 12.8 Å². The summed E-state index contributed by atoms with van der Waals surface area (Å²) in [6.45, 7) is 0.479. The number of hydrogen-bond acceptors (Lipinski definition) is 5. The predicted molar refractivity (Wildman–Crippen MR) is 68.7 cm³/mol. The van der Waals surface area contributed by atoms with Crippen molar-refractivity contribution in [3.05, 3.63) is 41.6 Å². The van der Waals surface area contributed by atoms with Gasteiger partial charge >= 0.3 is 0 Å². The molecule has 1 aromatic rings. The average Bonchev–Trinajstić information content (AvgIpc) is 2.45. The van der Waals surface area contributed by atoms with Crippen LogP contribution in [0.3, 0.4) is 0 Å². The molecule has 0 bridgehead atoms. The molecule has 1 aromatic heterocycles. The van der Waals surface area contributed by atoms with Gasteiger partial charge in [-0.2, -0.15) is 5.26 Å². The van der Waals surface area contributed by atoms with E-state index in [1.165, 1.54) is 5.57 Å². The Balaban J connectivity index is 2.12. The molecule has 5 heteroatoms. The number of pyridine rings is 1. The standard InChI is InChI=1S/C13H14N4O/c14-8-11-12(6-7-16-13(11)17-15)18-9-10-4-2-1-3-5-10/h1-2,4,6-7H,3,5,9,15H2,(H,16,17). The molecule has 5 nitrogen and oxygen atoms in total. The highest BCUT2D eigenvalue weighted by Gasteiger charge is 2.10. The number of nitriles is 1. The van der Waals surface area contributed by atoms with E-state index in [2.05, 4.69) is 16.5 Å². The number of nitrogen functional groups attached to an aromatic ring is 1. The summed E-state index contributed by atoms with van der Waals surface area (Å²) in [4.78, 5) is 3.96.